The second-order valence-electron chi connectivity index (χ2n) is 4.66. The standard InChI is InChI=1S/C16H16N4O/c1-21-16-13(5-3-9-19-16)15(20-17)12-6-7-14-11(10-12)4-2-8-18-14/h2-10,15,20H,17H2,1H3. The number of nitrogens with two attached hydrogens (primary N) is 1. The molecule has 0 saturated heterocycles. The Morgan fingerprint density at radius 1 is 1.10 bits per heavy atom. The number of nitrogens with one attached hydrogen (secondary N) is 1. The van der Waals surface area contributed by atoms with E-state index in [0.29, 0.717) is 5.88 Å². The van der Waals surface area contributed by atoms with Gasteiger partial charge in [-0.15, -0.1) is 0 Å². The van der Waals surface area contributed by atoms with Crippen molar-refractivity contribution in [3.05, 3.63) is 66.0 Å². The molecule has 3 N–H and O–H groups in total. The summed E-state index contributed by atoms with van der Waals surface area (Å²) >= 11 is 0. The highest BCUT2D eigenvalue weighted by Gasteiger charge is 2.17. The van der Waals surface area contributed by atoms with Gasteiger partial charge >= 0.3 is 0 Å². The van der Waals surface area contributed by atoms with Gasteiger partial charge in [-0.25, -0.2) is 10.4 Å². The van der Waals surface area contributed by atoms with Gasteiger partial charge in [-0.3, -0.25) is 10.8 Å². The molecule has 2 heterocycles. The summed E-state index contributed by atoms with van der Waals surface area (Å²) in [5.74, 6) is 6.32. The number of hydrogen-bond acceptors (Lipinski definition) is 5. The SMILES string of the molecule is COc1ncccc1C(NN)c1ccc2ncccc2c1. The monoisotopic (exact) mass is 280 g/mol. The fourth-order valence-electron chi connectivity index (χ4n) is 2.43. The van der Waals surface area contributed by atoms with Gasteiger partial charge in [-0.05, 0) is 29.8 Å². The number of hydrogen-bond donors (Lipinski definition) is 2. The molecule has 2 aromatic heterocycles. The lowest BCUT2D eigenvalue weighted by Crippen LogP contribution is -2.29. The zero-order chi connectivity index (χ0) is 14.7. The number of nitrogens with zero attached hydrogens (tertiary/aromatic N) is 2. The Bertz CT molecular complexity index is 760. The van der Waals surface area contributed by atoms with Crippen molar-refractivity contribution in [2.45, 2.75) is 6.04 Å². The summed E-state index contributed by atoms with van der Waals surface area (Å²) in [6.45, 7) is 0. The summed E-state index contributed by atoms with van der Waals surface area (Å²) in [5.41, 5.74) is 5.71. The molecule has 0 amide bonds. The minimum Gasteiger partial charge on any atom is -0.481 e. The highest BCUT2D eigenvalue weighted by molar-refractivity contribution is 5.79. The zero-order valence-electron chi connectivity index (χ0n) is 11.7. The van der Waals surface area contributed by atoms with E-state index in [4.69, 9.17) is 10.6 Å². The first-order valence-corrected chi connectivity index (χ1v) is 6.63. The van der Waals surface area contributed by atoms with E-state index in [2.05, 4.69) is 21.5 Å². The van der Waals surface area contributed by atoms with Crippen molar-refractivity contribution in [2.75, 3.05) is 7.11 Å². The van der Waals surface area contributed by atoms with E-state index in [1.807, 2.05) is 36.4 Å². The summed E-state index contributed by atoms with van der Waals surface area (Å²) in [7, 11) is 1.60. The Kier molecular flexibility index (Phi) is 3.77. The lowest BCUT2D eigenvalue weighted by molar-refractivity contribution is 0.387. The highest BCUT2D eigenvalue weighted by Crippen LogP contribution is 2.29. The third kappa shape index (κ3) is 2.56. The van der Waals surface area contributed by atoms with Crippen LogP contribution in [0, 0.1) is 0 Å². The van der Waals surface area contributed by atoms with Gasteiger partial charge in [0.2, 0.25) is 5.88 Å². The van der Waals surface area contributed by atoms with Crippen molar-refractivity contribution in [1.82, 2.24) is 15.4 Å². The van der Waals surface area contributed by atoms with Crippen molar-refractivity contribution in [3.63, 3.8) is 0 Å². The van der Waals surface area contributed by atoms with Crippen LogP contribution in [0.1, 0.15) is 17.2 Å². The largest absolute Gasteiger partial charge is 0.481 e. The smallest absolute Gasteiger partial charge is 0.218 e. The summed E-state index contributed by atoms with van der Waals surface area (Å²) in [6, 6.07) is 13.6. The van der Waals surface area contributed by atoms with Crippen LogP contribution in [0.25, 0.3) is 10.9 Å². The number of pyridine rings is 2. The molecule has 0 bridgehead atoms. The Morgan fingerprint density at radius 2 is 1.90 bits per heavy atom. The Labute approximate surface area is 122 Å². The second kappa shape index (κ2) is 5.87. The maximum absolute atomic E-state index is 5.76. The van der Waals surface area contributed by atoms with Gasteiger partial charge in [-0.1, -0.05) is 18.2 Å². The quantitative estimate of drug-likeness (QED) is 0.566. The molecule has 0 aliphatic carbocycles. The number of hydrazine groups is 1. The van der Waals surface area contributed by atoms with Crippen LogP contribution in [0.4, 0.5) is 0 Å². The first-order chi connectivity index (χ1) is 10.3. The zero-order valence-corrected chi connectivity index (χ0v) is 11.7. The number of fused-ring (bicyclic) bond motifs is 1. The van der Waals surface area contributed by atoms with Gasteiger partial charge in [0, 0.05) is 23.3 Å². The Balaban J connectivity index is 2.09. The minimum absolute atomic E-state index is 0.196. The van der Waals surface area contributed by atoms with Gasteiger partial charge in [0.1, 0.15) is 0 Å². The van der Waals surface area contributed by atoms with Crippen LogP contribution in [0.5, 0.6) is 5.88 Å². The maximum Gasteiger partial charge on any atom is 0.218 e. The molecule has 5 nitrogen and oxygen atoms in total. The Hall–Kier alpha value is -2.50. The molecule has 0 radical (unpaired) electrons. The van der Waals surface area contributed by atoms with Crippen molar-refractivity contribution < 1.29 is 4.74 Å². The lowest BCUT2D eigenvalue weighted by atomic mass is 9.98. The van der Waals surface area contributed by atoms with Crippen molar-refractivity contribution in [1.29, 1.82) is 0 Å². The molecule has 0 aliphatic heterocycles. The van der Waals surface area contributed by atoms with E-state index >= 15 is 0 Å². The molecule has 0 spiro atoms. The average Bonchev–Trinajstić information content (AvgIpc) is 2.56. The summed E-state index contributed by atoms with van der Waals surface area (Å²) in [6.07, 6.45) is 3.48. The first kappa shape index (κ1) is 13.5. The van der Waals surface area contributed by atoms with Gasteiger partial charge in [-0.2, -0.15) is 0 Å². The Morgan fingerprint density at radius 3 is 2.71 bits per heavy atom. The van der Waals surface area contributed by atoms with Crippen LogP contribution < -0.4 is 16.0 Å². The van der Waals surface area contributed by atoms with Crippen LogP contribution in [0.3, 0.4) is 0 Å². The van der Waals surface area contributed by atoms with E-state index in [9.17, 15) is 0 Å². The van der Waals surface area contributed by atoms with Crippen molar-refractivity contribution >= 4 is 10.9 Å². The van der Waals surface area contributed by atoms with Gasteiger partial charge in [0.05, 0.1) is 18.7 Å². The molecule has 0 saturated carbocycles. The topological polar surface area (TPSA) is 73.1 Å². The predicted molar refractivity (Wildman–Crippen MR) is 81.7 cm³/mol. The minimum atomic E-state index is -0.196. The van der Waals surface area contributed by atoms with Crippen molar-refractivity contribution in [3.8, 4) is 5.88 Å². The van der Waals surface area contributed by atoms with E-state index in [1.54, 1.807) is 19.5 Å². The molecular formula is C16H16N4O. The van der Waals surface area contributed by atoms with E-state index in [0.717, 1.165) is 22.0 Å². The highest BCUT2D eigenvalue weighted by atomic mass is 16.5. The second-order valence-corrected chi connectivity index (χ2v) is 4.66. The third-order valence-corrected chi connectivity index (χ3v) is 3.43. The molecular weight excluding hydrogens is 264 g/mol. The van der Waals surface area contributed by atoms with Crippen LogP contribution in [-0.4, -0.2) is 17.1 Å². The third-order valence-electron chi connectivity index (χ3n) is 3.43. The van der Waals surface area contributed by atoms with Crippen LogP contribution in [0.15, 0.2) is 54.9 Å². The molecule has 0 aliphatic rings. The number of ether oxygens (including phenoxy) is 1. The van der Waals surface area contributed by atoms with Gasteiger partial charge < -0.3 is 4.74 Å². The first-order valence-electron chi connectivity index (χ1n) is 6.63. The van der Waals surface area contributed by atoms with E-state index in [-0.39, 0.29) is 6.04 Å². The number of methoxy groups -OCH3 is 1. The molecule has 21 heavy (non-hydrogen) atoms. The molecule has 1 aromatic carbocycles. The predicted octanol–water partition coefficient (Wildman–Crippen LogP) is 2.19. The number of aromatic nitrogens is 2. The molecule has 1 atom stereocenters. The molecule has 106 valence electrons. The molecule has 0 fully saturated rings. The summed E-state index contributed by atoms with van der Waals surface area (Å²) in [4.78, 5) is 8.55. The number of benzene rings is 1. The lowest BCUT2D eigenvalue weighted by Gasteiger charge is -2.19. The van der Waals surface area contributed by atoms with Crippen LogP contribution in [0.2, 0.25) is 0 Å². The van der Waals surface area contributed by atoms with E-state index < -0.39 is 0 Å². The van der Waals surface area contributed by atoms with Gasteiger partial charge in [0.25, 0.3) is 0 Å². The fraction of sp³-hybridized carbons (Fsp3) is 0.125. The van der Waals surface area contributed by atoms with Crippen LogP contribution in [-0.2, 0) is 0 Å². The fourth-order valence-corrected chi connectivity index (χ4v) is 2.43. The molecule has 3 rings (SSSR count). The average molecular weight is 280 g/mol. The molecule has 1 unspecified atom stereocenters. The molecule has 3 aromatic rings. The normalized spacial score (nSPS) is 12.3. The van der Waals surface area contributed by atoms with Gasteiger partial charge in [0.15, 0.2) is 0 Å². The van der Waals surface area contributed by atoms with Crippen LogP contribution >= 0.6 is 0 Å². The van der Waals surface area contributed by atoms with Crippen molar-refractivity contribution in [2.24, 2.45) is 5.84 Å². The summed E-state index contributed by atoms with van der Waals surface area (Å²) in [5, 5.41) is 1.07. The number of rotatable bonds is 4. The molecule has 5 heteroatoms. The summed E-state index contributed by atoms with van der Waals surface area (Å²) < 4.78 is 5.32. The maximum atomic E-state index is 5.76. The van der Waals surface area contributed by atoms with E-state index in [1.165, 1.54) is 0 Å².